The Balaban J connectivity index is 2.31. The van der Waals surface area contributed by atoms with Crippen LogP contribution in [0.1, 0.15) is 6.92 Å². The number of thiazole rings is 1. The summed E-state index contributed by atoms with van der Waals surface area (Å²) in [6.45, 7) is 2.84. The molecule has 0 aliphatic rings. The third-order valence-electron chi connectivity index (χ3n) is 2.86. The first-order chi connectivity index (χ1) is 8.13. The largest absolute Gasteiger partial charge is 0.395 e. The zero-order chi connectivity index (χ0) is 12.4. The minimum Gasteiger partial charge on any atom is -0.395 e. The summed E-state index contributed by atoms with van der Waals surface area (Å²) in [5.74, 6) is 0. The predicted molar refractivity (Wildman–Crippen MR) is 73.8 cm³/mol. The molecule has 1 atom stereocenters. The van der Waals surface area contributed by atoms with Gasteiger partial charge >= 0.3 is 0 Å². The Morgan fingerprint density at radius 2 is 2.29 bits per heavy atom. The molecular weight excluding hydrogens is 234 g/mol. The number of hydrogen-bond acceptors (Lipinski definition) is 5. The van der Waals surface area contributed by atoms with Crippen LogP contribution < -0.4 is 10.6 Å². The Bertz CT molecular complexity index is 511. The number of likely N-dealkylation sites (N-methyl/N-ethyl adjacent to an activating group) is 1. The third kappa shape index (κ3) is 2.35. The number of anilines is 2. The van der Waals surface area contributed by atoms with E-state index in [2.05, 4.69) is 16.0 Å². The van der Waals surface area contributed by atoms with Crippen molar-refractivity contribution in [2.75, 3.05) is 31.3 Å². The molecule has 0 bridgehead atoms. The van der Waals surface area contributed by atoms with Crippen LogP contribution in [0, 0.1) is 0 Å². The number of ether oxygens (including phenoxy) is 1. The van der Waals surface area contributed by atoms with Crippen molar-refractivity contribution >= 4 is 32.9 Å². The average Bonchev–Trinajstić information content (AvgIpc) is 2.78. The number of aromatic nitrogens is 1. The van der Waals surface area contributed by atoms with Gasteiger partial charge in [-0.25, -0.2) is 4.98 Å². The lowest BCUT2D eigenvalue weighted by molar-refractivity contribution is 0.124. The van der Waals surface area contributed by atoms with Crippen molar-refractivity contribution in [2.45, 2.75) is 13.0 Å². The summed E-state index contributed by atoms with van der Waals surface area (Å²) >= 11 is 1.61. The SMILES string of the molecule is COC(C)CN(C)c1ccc2scnc2c1N. The molecule has 1 aromatic heterocycles. The molecule has 1 heterocycles. The van der Waals surface area contributed by atoms with E-state index in [-0.39, 0.29) is 6.10 Å². The van der Waals surface area contributed by atoms with Gasteiger partial charge in [-0.3, -0.25) is 0 Å². The van der Waals surface area contributed by atoms with Gasteiger partial charge in [-0.1, -0.05) is 0 Å². The van der Waals surface area contributed by atoms with Crippen LogP contribution >= 0.6 is 11.3 Å². The molecule has 0 saturated carbocycles. The van der Waals surface area contributed by atoms with Crippen LogP contribution in [-0.2, 0) is 4.74 Å². The van der Waals surface area contributed by atoms with E-state index in [1.807, 2.05) is 25.5 Å². The zero-order valence-electron chi connectivity index (χ0n) is 10.3. The Labute approximate surface area is 105 Å². The monoisotopic (exact) mass is 251 g/mol. The second-order valence-corrected chi connectivity index (χ2v) is 5.01. The maximum absolute atomic E-state index is 6.14. The van der Waals surface area contributed by atoms with Crippen LogP contribution in [0.3, 0.4) is 0 Å². The lowest BCUT2D eigenvalue weighted by atomic mass is 10.2. The number of nitrogens with two attached hydrogens (primary N) is 1. The summed E-state index contributed by atoms with van der Waals surface area (Å²) < 4.78 is 6.38. The van der Waals surface area contributed by atoms with Crippen LogP contribution in [0.25, 0.3) is 10.2 Å². The van der Waals surface area contributed by atoms with Crippen molar-refractivity contribution in [1.82, 2.24) is 4.98 Å². The number of rotatable bonds is 4. The third-order valence-corrected chi connectivity index (χ3v) is 3.66. The van der Waals surface area contributed by atoms with Crippen LogP contribution in [-0.4, -0.2) is 31.8 Å². The first kappa shape index (κ1) is 12.1. The van der Waals surface area contributed by atoms with Crippen molar-refractivity contribution in [1.29, 1.82) is 0 Å². The van der Waals surface area contributed by atoms with Crippen molar-refractivity contribution in [3.63, 3.8) is 0 Å². The normalized spacial score (nSPS) is 12.9. The van der Waals surface area contributed by atoms with Crippen LogP contribution in [0.15, 0.2) is 17.6 Å². The second-order valence-electron chi connectivity index (χ2n) is 4.12. The second kappa shape index (κ2) is 4.89. The fourth-order valence-electron chi connectivity index (χ4n) is 1.83. The molecule has 0 amide bonds. The molecule has 0 radical (unpaired) electrons. The average molecular weight is 251 g/mol. The Morgan fingerprint density at radius 1 is 1.53 bits per heavy atom. The van der Waals surface area contributed by atoms with Gasteiger partial charge in [0.1, 0.15) is 5.52 Å². The summed E-state index contributed by atoms with van der Waals surface area (Å²) in [5.41, 5.74) is 10.6. The molecule has 5 heteroatoms. The Kier molecular flexibility index (Phi) is 3.49. The van der Waals surface area contributed by atoms with Gasteiger partial charge in [0.15, 0.2) is 0 Å². The van der Waals surface area contributed by atoms with E-state index in [1.54, 1.807) is 18.4 Å². The van der Waals surface area contributed by atoms with Crippen molar-refractivity contribution in [3.8, 4) is 0 Å². The van der Waals surface area contributed by atoms with Crippen LogP contribution in [0.5, 0.6) is 0 Å². The zero-order valence-corrected chi connectivity index (χ0v) is 11.1. The molecule has 2 rings (SSSR count). The topological polar surface area (TPSA) is 51.4 Å². The highest BCUT2D eigenvalue weighted by Crippen LogP contribution is 2.31. The van der Waals surface area contributed by atoms with E-state index in [9.17, 15) is 0 Å². The molecule has 0 spiro atoms. The number of nitrogen functional groups attached to an aromatic ring is 1. The molecule has 0 saturated heterocycles. The van der Waals surface area contributed by atoms with Gasteiger partial charge < -0.3 is 15.4 Å². The molecule has 0 aliphatic carbocycles. The molecule has 0 aliphatic heterocycles. The highest BCUT2D eigenvalue weighted by molar-refractivity contribution is 7.16. The molecule has 1 aromatic carbocycles. The lowest BCUT2D eigenvalue weighted by Gasteiger charge is -2.24. The van der Waals surface area contributed by atoms with E-state index in [4.69, 9.17) is 10.5 Å². The van der Waals surface area contributed by atoms with E-state index in [0.29, 0.717) is 0 Å². The first-order valence-corrected chi connectivity index (χ1v) is 6.37. The van der Waals surface area contributed by atoms with Gasteiger partial charge in [-0.2, -0.15) is 0 Å². The standard InChI is InChI=1S/C12H17N3OS/c1-8(16-3)6-15(2)9-4-5-10-12(11(9)13)14-7-17-10/h4-5,7-8H,6,13H2,1-3H3. The summed E-state index contributed by atoms with van der Waals surface area (Å²) in [6.07, 6.45) is 0.172. The molecule has 0 fully saturated rings. The van der Waals surface area contributed by atoms with Crippen molar-refractivity contribution in [2.24, 2.45) is 0 Å². The van der Waals surface area contributed by atoms with E-state index < -0.39 is 0 Å². The fraction of sp³-hybridized carbons (Fsp3) is 0.417. The van der Waals surface area contributed by atoms with Gasteiger partial charge in [0.2, 0.25) is 0 Å². The fourth-order valence-corrected chi connectivity index (χ4v) is 2.53. The lowest BCUT2D eigenvalue weighted by Crippen LogP contribution is -2.28. The molecule has 4 nitrogen and oxygen atoms in total. The number of benzene rings is 1. The predicted octanol–water partition coefficient (Wildman–Crippen LogP) is 2.35. The summed E-state index contributed by atoms with van der Waals surface area (Å²) in [4.78, 5) is 6.40. The Morgan fingerprint density at radius 3 is 3.00 bits per heavy atom. The van der Waals surface area contributed by atoms with Crippen molar-refractivity contribution in [3.05, 3.63) is 17.6 Å². The minimum absolute atomic E-state index is 0.172. The molecule has 1 unspecified atom stereocenters. The number of hydrogen-bond donors (Lipinski definition) is 1. The number of nitrogens with zero attached hydrogens (tertiary/aromatic N) is 2. The smallest absolute Gasteiger partial charge is 0.106 e. The summed E-state index contributed by atoms with van der Waals surface area (Å²) in [6, 6.07) is 4.10. The first-order valence-electron chi connectivity index (χ1n) is 5.49. The van der Waals surface area contributed by atoms with E-state index in [1.165, 1.54) is 0 Å². The van der Waals surface area contributed by atoms with Gasteiger partial charge in [0, 0.05) is 20.7 Å². The molecule has 2 aromatic rings. The maximum atomic E-state index is 6.14. The summed E-state index contributed by atoms with van der Waals surface area (Å²) in [5, 5.41) is 0. The van der Waals surface area contributed by atoms with Crippen LogP contribution in [0.2, 0.25) is 0 Å². The van der Waals surface area contributed by atoms with Gasteiger partial charge in [-0.05, 0) is 19.1 Å². The number of fused-ring (bicyclic) bond motifs is 1. The van der Waals surface area contributed by atoms with E-state index >= 15 is 0 Å². The van der Waals surface area contributed by atoms with Gasteiger partial charge in [0.25, 0.3) is 0 Å². The highest BCUT2D eigenvalue weighted by atomic mass is 32.1. The molecule has 17 heavy (non-hydrogen) atoms. The van der Waals surface area contributed by atoms with Crippen LogP contribution in [0.4, 0.5) is 11.4 Å². The number of methoxy groups -OCH3 is 1. The van der Waals surface area contributed by atoms with E-state index in [0.717, 1.165) is 28.1 Å². The van der Waals surface area contributed by atoms with Gasteiger partial charge in [-0.15, -0.1) is 11.3 Å². The highest BCUT2D eigenvalue weighted by Gasteiger charge is 2.12. The Hall–Kier alpha value is -1.33. The van der Waals surface area contributed by atoms with Gasteiger partial charge in [0.05, 0.1) is 27.7 Å². The molecule has 92 valence electrons. The molecule has 2 N–H and O–H groups in total. The quantitative estimate of drug-likeness (QED) is 0.847. The minimum atomic E-state index is 0.172. The maximum Gasteiger partial charge on any atom is 0.106 e. The molecular formula is C12H17N3OS. The van der Waals surface area contributed by atoms with Crippen molar-refractivity contribution < 1.29 is 4.74 Å². The summed E-state index contributed by atoms with van der Waals surface area (Å²) in [7, 11) is 3.73.